The molecular formula is C23H37N5O2. The van der Waals surface area contributed by atoms with Crippen LogP contribution in [0.5, 0.6) is 0 Å². The van der Waals surface area contributed by atoms with E-state index >= 15 is 0 Å². The van der Waals surface area contributed by atoms with Gasteiger partial charge >= 0.3 is 0 Å². The molecule has 166 valence electrons. The Morgan fingerprint density at radius 3 is 2.47 bits per heavy atom. The van der Waals surface area contributed by atoms with E-state index in [4.69, 9.17) is 9.84 Å². The first-order chi connectivity index (χ1) is 14.4. The molecule has 0 aromatic carbocycles. The maximum atomic E-state index is 13.9. The molecule has 5 fully saturated rings. The summed E-state index contributed by atoms with van der Waals surface area (Å²) in [4.78, 5) is 22.9. The van der Waals surface area contributed by atoms with E-state index in [1.807, 2.05) is 13.3 Å². The summed E-state index contributed by atoms with van der Waals surface area (Å²) in [6, 6.07) is 0. The van der Waals surface area contributed by atoms with Crippen molar-refractivity contribution in [3.63, 3.8) is 0 Å². The lowest BCUT2D eigenvalue weighted by molar-refractivity contribution is -0.168. The number of ether oxygens (including phenoxy) is 1. The molecule has 1 aliphatic heterocycles. The minimum Gasteiger partial charge on any atom is -0.377 e. The van der Waals surface area contributed by atoms with E-state index in [1.165, 1.54) is 19.3 Å². The zero-order valence-corrected chi connectivity index (χ0v) is 18.8. The van der Waals surface area contributed by atoms with Gasteiger partial charge in [-0.05, 0) is 71.1 Å². The molecule has 0 spiro atoms. The van der Waals surface area contributed by atoms with Crippen LogP contribution in [0.15, 0.2) is 6.33 Å². The lowest BCUT2D eigenvalue weighted by atomic mass is 9.46. The van der Waals surface area contributed by atoms with E-state index in [0.717, 1.165) is 64.4 Å². The van der Waals surface area contributed by atoms with Gasteiger partial charge in [-0.2, -0.15) is 5.10 Å². The van der Waals surface area contributed by atoms with Crippen molar-refractivity contribution < 1.29 is 9.53 Å². The van der Waals surface area contributed by atoms with Crippen molar-refractivity contribution in [1.82, 2.24) is 24.6 Å². The highest BCUT2D eigenvalue weighted by atomic mass is 16.5. The lowest BCUT2D eigenvalue weighted by Crippen LogP contribution is -2.63. The molecule has 1 aromatic heterocycles. The Morgan fingerprint density at radius 1 is 1.17 bits per heavy atom. The average molecular weight is 416 g/mol. The molecular weight excluding hydrogens is 378 g/mol. The maximum absolute atomic E-state index is 13.9. The quantitative estimate of drug-likeness (QED) is 0.714. The summed E-state index contributed by atoms with van der Waals surface area (Å²) in [7, 11) is 0. The Balaban J connectivity index is 1.27. The van der Waals surface area contributed by atoms with E-state index in [-0.39, 0.29) is 17.1 Å². The maximum Gasteiger partial charge on any atom is 0.228 e. The van der Waals surface area contributed by atoms with Crippen molar-refractivity contribution in [2.45, 2.75) is 70.9 Å². The molecule has 4 bridgehead atoms. The molecule has 2 atom stereocenters. The number of aromatic nitrogens is 3. The first-order valence-electron chi connectivity index (χ1n) is 11.9. The Kier molecular flexibility index (Phi) is 5.17. The zero-order valence-electron chi connectivity index (χ0n) is 18.8. The number of aryl methyl sites for hydroxylation is 1. The molecule has 7 heteroatoms. The second kappa shape index (κ2) is 7.59. The third kappa shape index (κ3) is 3.58. The molecule has 2 heterocycles. The van der Waals surface area contributed by atoms with Crippen LogP contribution in [0.4, 0.5) is 0 Å². The zero-order chi connectivity index (χ0) is 20.9. The Morgan fingerprint density at radius 2 is 1.87 bits per heavy atom. The first kappa shape index (κ1) is 20.4. The van der Waals surface area contributed by atoms with E-state index in [1.54, 1.807) is 0 Å². The normalized spacial score (nSPS) is 36.1. The number of nitrogens with zero attached hydrogens (tertiary/aromatic N) is 5. The number of hydrogen-bond donors (Lipinski definition) is 0. The van der Waals surface area contributed by atoms with Crippen molar-refractivity contribution in [2.24, 2.45) is 17.3 Å². The van der Waals surface area contributed by atoms with E-state index in [2.05, 4.69) is 33.3 Å². The van der Waals surface area contributed by atoms with Gasteiger partial charge in [-0.1, -0.05) is 0 Å². The third-order valence-corrected chi connectivity index (χ3v) is 8.09. The molecule has 0 N–H and O–H groups in total. The van der Waals surface area contributed by atoms with Gasteiger partial charge in [-0.3, -0.25) is 9.69 Å². The van der Waals surface area contributed by atoms with Crippen LogP contribution in [0.1, 0.15) is 58.2 Å². The van der Waals surface area contributed by atoms with Gasteiger partial charge in [0.25, 0.3) is 0 Å². The molecule has 0 radical (unpaired) electrons. The van der Waals surface area contributed by atoms with Crippen LogP contribution in [0, 0.1) is 24.2 Å². The van der Waals surface area contributed by atoms with Gasteiger partial charge in [0.05, 0.1) is 23.7 Å². The molecule has 2 unspecified atom stereocenters. The fourth-order valence-electron chi connectivity index (χ4n) is 7.23. The molecule has 6 rings (SSSR count). The SMILES string of the molecule is Cc1ncn(C23CC4CC(CC(C(=O)N5CCN(CCOC(C)C)CC5)(C4)C2)C3)n1. The number of carbonyl (C=O) groups excluding carboxylic acids is 1. The minimum atomic E-state index is -0.174. The smallest absolute Gasteiger partial charge is 0.228 e. The summed E-state index contributed by atoms with van der Waals surface area (Å²) in [6.45, 7) is 11.5. The van der Waals surface area contributed by atoms with Crippen LogP contribution in [-0.4, -0.2) is 75.9 Å². The third-order valence-electron chi connectivity index (χ3n) is 8.09. The highest BCUT2D eigenvalue weighted by Crippen LogP contribution is 2.64. The second-order valence-corrected chi connectivity index (χ2v) is 10.8. The molecule has 1 amide bonds. The van der Waals surface area contributed by atoms with Crippen molar-refractivity contribution in [2.75, 3.05) is 39.3 Å². The van der Waals surface area contributed by atoms with Crippen LogP contribution in [0.25, 0.3) is 0 Å². The standard InChI is InChI=1S/C23H37N5O2/c1-17(2)30-9-8-26-4-6-27(7-5-26)21(29)22-11-19-10-20(12-22)14-23(13-19,15-22)28-16-24-18(3)25-28/h16-17,19-20H,4-15H2,1-3H3. The predicted molar refractivity (Wildman–Crippen MR) is 114 cm³/mol. The van der Waals surface area contributed by atoms with E-state index in [9.17, 15) is 4.79 Å². The largest absolute Gasteiger partial charge is 0.377 e. The molecule has 7 nitrogen and oxygen atoms in total. The number of rotatable bonds is 6. The summed E-state index contributed by atoms with van der Waals surface area (Å²) in [5, 5.41) is 4.72. The molecule has 1 saturated heterocycles. The van der Waals surface area contributed by atoms with Crippen LogP contribution in [0.3, 0.4) is 0 Å². The summed E-state index contributed by atoms with van der Waals surface area (Å²) >= 11 is 0. The summed E-state index contributed by atoms with van der Waals surface area (Å²) in [5.41, 5.74) is -0.163. The summed E-state index contributed by atoms with van der Waals surface area (Å²) in [6.07, 6.45) is 8.96. The van der Waals surface area contributed by atoms with Crippen LogP contribution >= 0.6 is 0 Å². The Hall–Kier alpha value is -1.47. The van der Waals surface area contributed by atoms with Gasteiger partial charge in [0.2, 0.25) is 5.91 Å². The fraction of sp³-hybridized carbons (Fsp3) is 0.870. The second-order valence-electron chi connectivity index (χ2n) is 10.8. The highest BCUT2D eigenvalue weighted by Gasteiger charge is 2.62. The summed E-state index contributed by atoms with van der Waals surface area (Å²) in [5.74, 6) is 2.59. The molecule has 5 aliphatic rings. The predicted octanol–water partition coefficient (Wildman–Crippen LogP) is 2.45. The van der Waals surface area contributed by atoms with E-state index in [0.29, 0.717) is 17.7 Å². The monoisotopic (exact) mass is 415 g/mol. The summed E-state index contributed by atoms with van der Waals surface area (Å²) < 4.78 is 7.84. The van der Waals surface area contributed by atoms with Crippen molar-refractivity contribution in [3.05, 3.63) is 12.2 Å². The first-order valence-corrected chi connectivity index (χ1v) is 11.9. The van der Waals surface area contributed by atoms with Gasteiger partial charge in [0, 0.05) is 32.7 Å². The van der Waals surface area contributed by atoms with Crippen LogP contribution < -0.4 is 0 Å². The van der Waals surface area contributed by atoms with Gasteiger partial charge in [0.1, 0.15) is 12.2 Å². The van der Waals surface area contributed by atoms with Crippen LogP contribution in [-0.2, 0) is 15.1 Å². The average Bonchev–Trinajstić information content (AvgIpc) is 3.14. The fourth-order valence-corrected chi connectivity index (χ4v) is 7.23. The van der Waals surface area contributed by atoms with Gasteiger partial charge in [-0.15, -0.1) is 0 Å². The lowest BCUT2D eigenvalue weighted by Gasteiger charge is -2.61. The van der Waals surface area contributed by atoms with Gasteiger partial charge < -0.3 is 9.64 Å². The highest BCUT2D eigenvalue weighted by molar-refractivity contribution is 5.83. The number of carbonyl (C=O) groups is 1. The molecule has 4 aliphatic carbocycles. The topological polar surface area (TPSA) is 63.5 Å². The number of amides is 1. The molecule has 30 heavy (non-hydrogen) atoms. The number of hydrogen-bond acceptors (Lipinski definition) is 5. The Bertz CT molecular complexity index is 768. The molecule has 4 saturated carbocycles. The Labute approximate surface area is 180 Å². The van der Waals surface area contributed by atoms with Crippen molar-refractivity contribution >= 4 is 5.91 Å². The van der Waals surface area contributed by atoms with Gasteiger partial charge in [-0.25, -0.2) is 9.67 Å². The van der Waals surface area contributed by atoms with Crippen molar-refractivity contribution in [3.8, 4) is 0 Å². The van der Waals surface area contributed by atoms with E-state index < -0.39 is 0 Å². The van der Waals surface area contributed by atoms with Crippen molar-refractivity contribution in [1.29, 1.82) is 0 Å². The van der Waals surface area contributed by atoms with Crippen LogP contribution in [0.2, 0.25) is 0 Å². The van der Waals surface area contributed by atoms with Gasteiger partial charge in [0.15, 0.2) is 0 Å². The number of piperazine rings is 1. The minimum absolute atomic E-state index is 0.0109. The molecule has 1 aromatic rings.